The van der Waals surface area contributed by atoms with Crippen LogP contribution < -0.4 is 5.32 Å². The summed E-state index contributed by atoms with van der Waals surface area (Å²) >= 11 is 0. The molecule has 1 fully saturated rings. The highest BCUT2D eigenvalue weighted by Gasteiger charge is 2.26. The van der Waals surface area contributed by atoms with Crippen LogP contribution in [0.5, 0.6) is 0 Å². The second-order valence-corrected chi connectivity index (χ2v) is 6.06. The Kier molecular flexibility index (Phi) is 5.77. The minimum absolute atomic E-state index is 0.660. The summed E-state index contributed by atoms with van der Waals surface area (Å²) in [5.41, 5.74) is 0. The molecule has 0 aromatic carbocycles. The fourth-order valence-electron chi connectivity index (χ4n) is 2.56. The fraction of sp³-hybridized carbons (Fsp3) is 1.00. The summed E-state index contributed by atoms with van der Waals surface area (Å²) in [6, 6.07) is 1.41. The van der Waals surface area contributed by atoms with Gasteiger partial charge in [0.05, 0.1) is 0 Å². The van der Waals surface area contributed by atoms with Crippen LogP contribution in [-0.4, -0.2) is 36.6 Å². The summed E-state index contributed by atoms with van der Waals surface area (Å²) in [6.07, 6.45) is 2.63. The molecule has 0 aromatic heterocycles. The van der Waals surface area contributed by atoms with Gasteiger partial charge in [-0.25, -0.2) is 0 Å². The molecule has 1 rings (SSSR count). The Labute approximate surface area is 102 Å². The van der Waals surface area contributed by atoms with Gasteiger partial charge in [0, 0.05) is 31.7 Å². The zero-order valence-electron chi connectivity index (χ0n) is 11.8. The van der Waals surface area contributed by atoms with Crippen molar-refractivity contribution in [3.05, 3.63) is 0 Å². The molecule has 1 heterocycles. The van der Waals surface area contributed by atoms with E-state index in [1.165, 1.54) is 32.5 Å². The number of piperazine rings is 1. The van der Waals surface area contributed by atoms with Gasteiger partial charge < -0.3 is 5.32 Å². The van der Waals surface area contributed by atoms with E-state index >= 15 is 0 Å². The number of hydrogen-bond acceptors (Lipinski definition) is 2. The second-order valence-electron chi connectivity index (χ2n) is 6.06. The molecular weight excluding hydrogens is 196 g/mol. The first kappa shape index (κ1) is 14.0. The van der Waals surface area contributed by atoms with E-state index in [1.807, 2.05) is 0 Å². The van der Waals surface area contributed by atoms with Crippen molar-refractivity contribution in [2.45, 2.75) is 59.5 Å². The first-order valence-electron chi connectivity index (χ1n) is 7.00. The van der Waals surface area contributed by atoms with E-state index in [9.17, 15) is 0 Å². The molecule has 0 bridgehead atoms. The lowest BCUT2D eigenvalue weighted by molar-refractivity contribution is 0.102. The minimum atomic E-state index is 0.660. The summed E-state index contributed by atoms with van der Waals surface area (Å²) < 4.78 is 0. The maximum Gasteiger partial charge on any atom is 0.0223 e. The van der Waals surface area contributed by atoms with Crippen LogP contribution in [0.25, 0.3) is 0 Å². The van der Waals surface area contributed by atoms with Crippen LogP contribution in [0.4, 0.5) is 0 Å². The first-order chi connectivity index (χ1) is 7.52. The highest BCUT2D eigenvalue weighted by Crippen LogP contribution is 2.17. The van der Waals surface area contributed by atoms with Crippen LogP contribution in [0.2, 0.25) is 0 Å². The van der Waals surface area contributed by atoms with Gasteiger partial charge in [0.25, 0.3) is 0 Å². The largest absolute Gasteiger partial charge is 0.311 e. The summed E-state index contributed by atoms with van der Waals surface area (Å²) in [4.78, 5) is 2.72. The number of rotatable bonds is 5. The Hall–Kier alpha value is -0.0800. The van der Waals surface area contributed by atoms with E-state index in [1.54, 1.807) is 0 Å². The Morgan fingerprint density at radius 3 is 2.56 bits per heavy atom. The van der Waals surface area contributed by atoms with Gasteiger partial charge in [-0.3, -0.25) is 4.90 Å². The second kappa shape index (κ2) is 6.61. The van der Waals surface area contributed by atoms with Gasteiger partial charge in [-0.15, -0.1) is 0 Å². The first-order valence-corrected chi connectivity index (χ1v) is 7.00. The van der Waals surface area contributed by atoms with E-state index in [4.69, 9.17) is 0 Å². The van der Waals surface area contributed by atoms with Crippen molar-refractivity contribution < 1.29 is 0 Å². The Morgan fingerprint density at radius 2 is 2.00 bits per heavy atom. The van der Waals surface area contributed by atoms with Crippen molar-refractivity contribution >= 4 is 0 Å². The predicted octanol–water partition coefficient (Wildman–Crippen LogP) is 2.74. The van der Waals surface area contributed by atoms with Gasteiger partial charge in [-0.05, 0) is 25.2 Å². The van der Waals surface area contributed by atoms with Crippen LogP contribution in [0.3, 0.4) is 0 Å². The summed E-state index contributed by atoms with van der Waals surface area (Å²) in [6.45, 7) is 15.3. The van der Waals surface area contributed by atoms with Crippen molar-refractivity contribution in [3.8, 4) is 0 Å². The van der Waals surface area contributed by atoms with Crippen LogP contribution in [0, 0.1) is 11.8 Å². The third-order valence-corrected chi connectivity index (χ3v) is 3.71. The van der Waals surface area contributed by atoms with Gasteiger partial charge in [0.1, 0.15) is 0 Å². The number of nitrogens with zero attached hydrogens (tertiary/aromatic N) is 1. The van der Waals surface area contributed by atoms with E-state index in [2.05, 4.69) is 44.8 Å². The third-order valence-electron chi connectivity index (χ3n) is 3.71. The lowest BCUT2D eigenvalue weighted by atomic mass is 9.97. The molecule has 0 aliphatic carbocycles. The minimum Gasteiger partial charge on any atom is -0.311 e. The SMILES string of the molecule is CCC(C)CN1CC(C)NCC1CC(C)C. The average molecular weight is 226 g/mol. The zero-order chi connectivity index (χ0) is 12.1. The normalized spacial score (nSPS) is 29.6. The van der Waals surface area contributed by atoms with Crippen LogP contribution in [0.1, 0.15) is 47.5 Å². The molecule has 96 valence electrons. The van der Waals surface area contributed by atoms with Gasteiger partial charge in [0.2, 0.25) is 0 Å². The van der Waals surface area contributed by atoms with Crippen LogP contribution in [0.15, 0.2) is 0 Å². The van der Waals surface area contributed by atoms with Crippen LogP contribution >= 0.6 is 0 Å². The summed E-state index contributed by atoms with van der Waals surface area (Å²) in [7, 11) is 0. The maximum absolute atomic E-state index is 3.62. The molecule has 0 radical (unpaired) electrons. The zero-order valence-corrected chi connectivity index (χ0v) is 11.8. The van der Waals surface area contributed by atoms with Crippen molar-refractivity contribution in [2.24, 2.45) is 11.8 Å². The van der Waals surface area contributed by atoms with Crippen molar-refractivity contribution in [3.63, 3.8) is 0 Å². The molecule has 2 heteroatoms. The molecule has 1 aliphatic heterocycles. The molecule has 0 saturated carbocycles. The Bertz CT molecular complexity index is 191. The van der Waals surface area contributed by atoms with Crippen molar-refractivity contribution in [2.75, 3.05) is 19.6 Å². The van der Waals surface area contributed by atoms with Crippen molar-refractivity contribution in [1.29, 1.82) is 0 Å². The lowest BCUT2D eigenvalue weighted by Gasteiger charge is -2.41. The third kappa shape index (κ3) is 4.42. The highest BCUT2D eigenvalue weighted by atomic mass is 15.2. The molecule has 1 N–H and O–H groups in total. The monoisotopic (exact) mass is 226 g/mol. The Balaban J connectivity index is 2.50. The summed E-state index contributed by atoms with van der Waals surface area (Å²) in [5, 5.41) is 3.62. The van der Waals surface area contributed by atoms with E-state index in [-0.39, 0.29) is 0 Å². The molecule has 0 amide bonds. The highest BCUT2D eigenvalue weighted by molar-refractivity contribution is 4.85. The van der Waals surface area contributed by atoms with Gasteiger partial charge in [-0.1, -0.05) is 34.1 Å². The van der Waals surface area contributed by atoms with E-state index < -0.39 is 0 Å². The number of nitrogens with one attached hydrogen (secondary N) is 1. The molecule has 2 nitrogen and oxygen atoms in total. The van der Waals surface area contributed by atoms with E-state index in [0.717, 1.165) is 17.9 Å². The van der Waals surface area contributed by atoms with Gasteiger partial charge in [-0.2, -0.15) is 0 Å². The van der Waals surface area contributed by atoms with E-state index in [0.29, 0.717) is 6.04 Å². The molecular formula is C14H30N2. The smallest absolute Gasteiger partial charge is 0.0223 e. The topological polar surface area (TPSA) is 15.3 Å². The van der Waals surface area contributed by atoms with Crippen molar-refractivity contribution in [1.82, 2.24) is 10.2 Å². The fourth-order valence-corrected chi connectivity index (χ4v) is 2.56. The molecule has 1 saturated heterocycles. The van der Waals surface area contributed by atoms with Gasteiger partial charge in [0.15, 0.2) is 0 Å². The molecule has 0 spiro atoms. The molecule has 3 atom stereocenters. The molecule has 16 heavy (non-hydrogen) atoms. The van der Waals surface area contributed by atoms with Crippen LogP contribution in [-0.2, 0) is 0 Å². The van der Waals surface area contributed by atoms with Gasteiger partial charge >= 0.3 is 0 Å². The molecule has 1 aliphatic rings. The lowest BCUT2D eigenvalue weighted by Crippen LogP contribution is -2.56. The summed E-state index contributed by atoms with van der Waals surface area (Å²) in [5.74, 6) is 1.64. The quantitative estimate of drug-likeness (QED) is 0.775. The standard InChI is InChI=1S/C14H30N2/c1-6-12(4)9-16-10-13(5)15-8-14(16)7-11(2)3/h11-15H,6-10H2,1-5H3. The Morgan fingerprint density at radius 1 is 1.31 bits per heavy atom. The molecule has 0 aromatic rings. The average Bonchev–Trinajstić information content (AvgIpc) is 2.21. The predicted molar refractivity (Wildman–Crippen MR) is 71.7 cm³/mol. The number of hydrogen-bond donors (Lipinski definition) is 1. The molecule has 3 unspecified atom stereocenters. The maximum atomic E-state index is 3.62.